The van der Waals surface area contributed by atoms with E-state index >= 15 is 0 Å². The number of aryl methyl sites for hydroxylation is 1. The predicted molar refractivity (Wildman–Crippen MR) is 88.3 cm³/mol. The van der Waals surface area contributed by atoms with E-state index in [1.165, 1.54) is 23.5 Å². The number of benzene rings is 1. The molecule has 2 aromatic heterocycles. The Kier molecular flexibility index (Phi) is 4.76. The molecular weight excluding hydrogens is 353 g/mol. The molecule has 2 heterocycles. The Bertz CT molecular complexity index is 900. The first kappa shape index (κ1) is 17.4. The van der Waals surface area contributed by atoms with Gasteiger partial charge in [-0.1, -0.05) is 12.1 Å². The summed E-state index contributed by atoms with van der Waals surface area (Å²) in [6.07, 6.45) is -4.09. The van der Waals surface area contributed by atoms with Crippen LogP contribution in [0.15, 0.2) is 29.6 Å². The number of amides is 1. The second kappa shape index (κ2) is 6.83. The van der Waals surface area contributed by atoms with Crippen LogP contribution in [-0.2, 0) is 23.9 Å². The van der Waals surface area contributed by atoms with Crippen molar-refractivity contribution >= 4 is 28.3 Å². The molecule has 3 rings (SSSR count). The number of thiazole rings is 1. The minimum atomic E-state index is -4.63. The molecule has 3 aromatic rings. The van der Waals surface area contributed by atoms with E-state index in [9.17, 15) is 18.0 Å². The largest absolute Gasteiger partial charge is 0.449 e. The molecule has 0 radical (unpaired) electrons. The molecule has 0 aliphatic heterocycles. The number of carbonyl (C=O) groups is 1. The molecule has 9 heteroatoms. The number of carbonyl (C=O) groups excluding carboxylic acids is 1. The van der Waals surface area contributed by atoms with Crippen LogP contribution in [0.1, 0.15) is 16.5 Å². The zero-order chi connectivity index (χ0) is 18.0. The highest BCUT2D eigenvalue weighted by atomic mass is 32.1. The normalized spacial score (nSPS) is 11.8. The molecule has 0 unspecified atom stereocenters. The number of para-hydroxylation sites is 2. The van der Waals surface area contributed by atoms with Gasteiger partial charge in [-0.2, -0.15) is 13.2 Å². The molecule has 1 amide bonds. The van der Waals surface area contributed by atoms with Crippen LogP contribution in [0.3, 0.4) is 0 Å². The van der Waals surface area contributed by atoms with Crippen molar-refractivity contribution in [1.29, 1.82) is 0 Å². The lowest BCUT2D eigenvalue weighted by atomic mass is 10.3. The molecule has 25 heavy (non-hydrogen) atoms. The van der Waals surface area contributed by atoms with Crippen molar-refractivity contribution in [3.8, 4) is 0 Å². The van der Waals surface area contributed by atoms with Crippen LogP contribution in [-0.4, -0.2) is 27.0 Å². The predicted octanol–water partition coefficient (Wildman–Crippen LogP) is 3.18. The molecule has 0 aliphatic rings. The highest BCUT2D eigenvalue weighted by molar-refractivity contribution is 7.09. The zero-order valence-corrected chi connectivity index (χ0v) is 14.1. The third kappa shape index (κ3) is 3.98. The van der Waals surface area contributed by atoms with E-state index in [1.54, 1.807) is 12.1 Å². The Morgan fingerprint density at radius 2 is 2.04 bits per heavy atom. The molecule has 1 N–H and O–H groups in total. The summed E-state index contributed by atoms with van der Waals surface area (Å²) in [5, 5.41) is 5.46. The van der Waals surface area contributed by atoms with Crippen LogP contribution < -0.4 is 5.32 Å². The van der Waals surface area contributed by atoms with Gasteiger partial charge in [0, 0.05) is 18.3 Å². The summed E-state index contributed by atoms with van der Waals surface area (Å²) in [7, 11) is 0. The Labute approximate surface area is 145 Å². The molecule has 0 saturated carbocycles. The van der Waals surface area contributed by atoms with Crippen LogP contribution in [0.4, 0.5) is 13.2 Å². The summed E-state index contributed by atoms with van der Waals surface area (Å²) in [5.41, 5.74) is 1.34. The maximum absolute atomic E-state index is 13.2. The fourth-order valence-electron chi connectivity index (χ4n) is 2.50. The Balaban J connectivity index is 1.72. The SMILES string of the molecule is Cc1nc(CCNC(=O)Cn2c(C(F)(F)F)nc3ccccc32)cs1. The second-order valence-corrected chi connectivity index (χ2v) is 6.53. The Morgan fingerprint density at radius 1 is 1.28 bits per heavy atom. The second-order valence-electron chi connectivity index (χ2n) is 5.47. The fraction of sp³-hybridized carbons (Fsp3) is 0.312. The quantitative estimate of drug-likeness (QED) is 0.753. The maximum Gasteiger partial charge on any atom is 0.449 e. The summed E-state index contributed by atoms with van der Waals surface area (Å²) in [4.78, 5) is 20.0. The van der Waals surface area contributed by atoms with Gasteiger partial charge in [-0.15, -0.1) is 11.3 Å². The Morgan fingerprint density at radius 3 is 2.72 bits per heavy atom. The van der Waals surface area contributed by atoms with Gasteiger partial charge in [-0.05, 0) is 19.1 Å². The van der Waals surface area contributed by atoms with E-state index < -0.39 is 24.5 Å². The number of imidazole rings is 1. The molecule has 0 fully saturated rings. The first-order valence-corrected chi connectivity index (χ1v) is 8.43. The lowest BCUT2D eigenvalue weighted by molar-refractivity contribution is -0.147. The van der Waals surface area contributed by atoms with Gasteiger partial charge in [0.2, 0.25) is 11.7 Å². The summed E-state index contributed by atoms with van der Waals surface area (Å²) >= 11 is 1.51. The Hall–Kier alpha value is -2.42. The van der Waals surface area contributed by atoms with Gasteiger partial charge < -0.3 is 9.88 Å². The van der Waals surface area contributed by atoms with Crippen LogP contribution in [0.2, 0.25) is 0 Å². The van der Waals surface area contributed by atoms with E-state index in [1.807, 2.05) is 12.3 Å². The highest BCUT2D eigenvalue weighted by Gasteiger charge is 2.37. The minimum Gasteiger partial charge on any atom is -0.354 e. The molecular formula is C16H15F3N4OS. The minimum absolute atomic E-state index is 0.209. The smallest absolute Gasteiger partial charge is 0.354 e. The molecule has 1 aromatic carbocycles. The summed E-state index contributed by atoms with van der Waals surface area (Å²) in [6.45, 7) is 1.76. The number of hydrogen-bond acceptors (Lipinski definition) is 4. The molecule has 0 aliphatic carbocycles. The van der Waals surface area contributed by atoms with Crippen molar-refractivity contribution in [2.75, 3.05) is 6.54 Å². The van der Waals surface area contributed by atoms with E-state index in [2.05, 4.69) is 15.3 Å². The summed E-state index contributed by atoms with van der Waals surface area (Å²) in [6, 6.07) is 6.23. The number of fused-ring (bicyclic) bond motifs is 1. The van der Waals surface area contributed by atoms with Crippen molar-refractivity contribution in [2.45, 2.75) is 26.1 Å². The van der Waals surface area contributed by atoms with Crippen molar-refractivity contribution in [3.05, 3.63) is 46.2 Å². The van der Waals surface area contributed by atoms with Crippen molar-refractivity contribution in [2.24, 2.45) is 0 Å². The number of aromatic nitrogens is 3. The van der Waals surface area contributed by atoms with Crippen molar-refractivity contribution in [3.63, 3.8) is 0 Å². The first-order valence-electron chi connectivity index (χ1n) is 7.55. The van der Waals surface area contributed by atoms with Gasteiger partial charge in [0.05, 0.1) is 21.7 Å². The van der Waals surface area contributed by atoms with Crippen molar-refractivity contribution in [1.82, 2.24) is 19.9 Å². The third-order valence-corrected chi connectivity index (χ3v) is 4.40. The van der Waals surface area contributed by atoms with E-state index in [0.717, 1.165) is 15.3 Å². The van der Waals surface area contributed by atoms with Gasteiger partial charge in [0.25, 0.3) is 0 Å². The number of nitrogens with zero attached hydrogens (tertiary/aromatic N) is 3. The van der Waals surface area contributed by atoms with E-state index in [4.69, 9.17) is 0 Å². The highest BCUT2D eigenvalue weighted by Crippen LogP contribution is 2.31. The number of alkyl halides is 3. The molecule has 5 nitrogen and oxygen atoms in total. The third-order valence-electron chi connectivity index (χ3n) is 3.58. The zero-order valence-electron chi connectivity index (χ0n) is 13.3. The summed E-state index contributed by atoms with van der Waals surface area (Å²) in [5.74, 6) is -1.57. The van der Waals surface area contributed by atoms with Gasteiger partial charge in [-0.3, -0.25) is 4.79 Å². The van der Waals surface area contributed by atoms with E-state index in [-0.39, 0.29) is 11.0 Å². The number of hydrogen-bond donors (Lipinski definition) is 1. The van der Waals surface area contributed by atoms with Crippen LogP contribution >= 0.6 is 11.3 Å². The average molecular weight is 368 g/mol. The van der Waals surface area contributed by atoms with Gasteiger partial charge in [-0.25, -0.2) is 9.97 Å². The van der Waals surface area contributed by atoms with E-state index in [0.29, 0.717) is 13.0 Å². The standard InChI is InChI=1S/C16H15F3N4OS/c1-10-21-11(9-25-10)6-7-20-14(24)8-23-13-5-3-2-4-12(13)22-15(23)16(17,18)19/h2-5,9H,6-8H2,1H3,(H,20,24). The first-order chi connectivity index (χ1) is 11.8. The fourth-order valence-corrected chi connectivity index (χ4v) is 3.15. The van der Waals surface area contributed by atoms with Crippen LogP contribution in [0, 0.1) is 6.92 Å². The maximum atomic E-state index is 13.2. The van der Waals surface area contributed by atoms with Gasteiger partial charge in [0.1, 0.15) is 6.54 Å². The lowest BCUT2D eigenvalue weighted by Crippen LogP contribution is -2.31. The number of rotatable bonds is 5. The van der Waals surface area contributed by atoms with Gasteiger partial charge in [0.15, 0.2) is 0 Å². The topological polar surface area (TPSA) is 59.8 Å². The molecule has 0 atom stereocenters. The molecule has 0 spiro atoms. The van der Waals surface area contributed by atoms with Gasteiger partial charge >= 0.3 is 6.18 Å². The number of nitrogens with one attached hydrogen (secondary N) is 1. The molecule has 132 valence electrons. The van der Waals surface area contributed by atoms with Crippen molar-refractivity contribution < 1.29 is 18.0 Å². The van der Waals surface area contributed by atoms with Crippen LogP contribution in [0.5, 0.6) is 0 Å². The molecule has 0 bridgehead atoms. The lowest BCUT2D eigenvalue weighted by Gasteiger charge is -2.11. The average Bonchev–Trinajstić information content (AvgIpc) is 3.11. The van der Waals surface area contributed by atoms with Crippen LogP contribution in [0.25, 0.3) is 11.0 Å². The monoisotopic (exact) mass is 368 g/mol. The summed E-state index contributed by atoms with van der Waals surface area (Å²) < 4.78 is 40.5. The number of halogens is 3. The molecule has 0 saturated heterocycles.